The van der Waals surface area contributed by atoms with Gasteiger partial charge in [-0.25, -0.2) is 4.39 Å². The van der Waals surface area contributed by atoms with Crippen molar-refractivity contribution in [2.24, 2.45) is 5.92 Å². The van der Waals surface area contributed by atoms with Crippen molar-refractivity contribution in [2.45, 2.75) is 39.4 Å². The fourth-order valence-corrected chi connectivity index (χ4v) is 1.83. The number of alkyl halides is 3. The Hall–Kier alpha value is -1.10. The van der Waals surface area contributed by atoms with Gasteiger partial charge >= 0.3 is 6.18 Å². The minimum absolute atomic E-state index is 0.235. The van der Waals surface area contributed by atoms with Crippen LogP contribution in [0.15, 0.2) is 18.2 Å². The average molecular weight is 277 g/mol. The molecule has 1 unspecified atom stereocenters. The Morgan fingerprint density at radius 2 is 1.79 bits per heavy atom. The molecule has 0 amide bonds. The maximum atomic E-state index is 13.4. The van der Waals surface area contributed by atoms with Gasteiger partial charge in [-0.15, -0.1) is 0 Å². The van der Waals surface area contributed by atoms with E-state index in [0.717, 1.165) is 18.7 Å². The zero-order valence-electron chi connectivity index (χ0n) is 11.3. The van der Waals surface area contributed by atoms with Crippen molar-refractivity contribution in [3.05, 3.63) is 35.1 Å². The molecule has 1 N–H and O–H groups in total. The van der Waals surface area contributed by atoms with Gasteiger partial charge in [0.15, 0.2) is 0 Å². The third-order valence-electron chi connectivity index (χ3n) is 2.80. The van der Waals surface area contributed by atoms with E-state index in [1.807, 2.05) is 20.8 Å². The van der Waals surface area contributed by atoms with Crippen molar-refractivity contribution < 1.29 is 17.6 Å². The molecule has 0 heterocycles. The highest BCUT2D eigenvalue weighted by Crippen LogP contribution is 2.31. The van der Waals surface area contributed by atoms with Gasteiger partial charge in [-0.05, 0) is 36.6 Å². The lowest BCUT2D eigenvalue weighted by molar-refractivity contribution is -0.140. The first-order chi connectivity index (χ1) is 8.70. The zero-order chi connectivity index (χ0) is 14.6. The van der Waals surface area contributed by atoms with Crippen molar-refractivity contribution in [1.29, 1.82) is 0 Å². The summed E-state index contributed by atoms with van der Waals surface area (Å²) >= 11 is 0. The van der Waals surface area contributed by atoms with E-state index in [1.54, 1.807) is 0 Å². The van der Waals surface area contributed by atoms with E-state index in [4.69, 9.17) is 0 Å². The summed E-state index contributed by atoms with van der Waals surface area (Å²) in [4.78, 5) is 0. The summed E-state index contributed by atoms with van der Waals surface area (Å²) in [5.41, 5.74) is -0.618. The molecule has 5 heteroatoms. The third kappa shape index (κ3) is 5.19. The summed E-state index contributed by atoms with van der Waals surface area (Å²) in [6.07, 6.45) is -4.08. The summed E-state index contributed by atoms with van der Waals surface area (Å²) < 4.78 is 50.6. The molecular weight excluding hydrogens is 258 g/mol. The van der Waals surface area contributed by atoms with E-state index in [1.165, 1.54) is 6.07 Å². The van der Waals surface area contributed by atoms with Gasteiger partial charge in [0, 0.05) is 6.04 Å². The van der Waals surface area contributed by atoms with Crippen LogP contribution in [-0.2, 0) is 12.6 Å². The molecule has 0 aliphatic heterocycles. The van der Waals surface area contributed by atoms with Crippen LogP contribution in [0.25, 0.3) is 0 Å². The standard InChI is InChI=1S/C14H19F4N/c1-9(2)19-8-10(3)6-11-4-5-12(13(15)7-11)14(16,17)18/h4-5,7,9-10,19H,6,8H2,1-3H3. The Balaban J connectivity index is 2.68. The number of hydrogen-bond acceptors (Lipinski definition) is 1. The van der Waals surface area contributed by atoms with E-state index in [2.05, 4.69) is 5.32 Å². The van der Waals surface area contributed by atoms with Crippen LogP contribution in [0.2, 0.25) is 0 Å². The fraction of sp³-hybridized carbons (Fsp3) is 0.571. The number of benzene rings is 1. The first-order valence-electron chi connectivity index (χ1n) is 6.29. The molecule has 19 heavy (non-hydrogen) atoms. The Labute approximate surface area is 111 Å². The molecule has 0 radical (unpaired) electrons. The van der Waals surface area contributed by atoms with Gasteiger partial charge < -0.3 is 5.32 Å². The predicted molar refractivity (Wildman–Crippen MR) is 67.4 cm³/mol. The van der Waals surface area contributed by atoms with E-state index in [9.17, 15) is 17.6 Å². The molecule has 1 atom stereocenters. The van der Waals surface area contributed by atoms with Crippen LogP contribution in [-0.4, -0.2) is 12.6 Å². The van der Waals surface area contributed by atoms with Crippen LogP contribution in [0.5, 0.6) is 0 Å². The summed E-state index contributed by atoms with van der Waals surface area (Å²) in [6.45, 7) is 6.76. The van der Waals surface area contributed by atoms with Crippen molar-refractivity contribution in [2.75, 3.05) is 6.54 Å². The maximum Gasteiger partial charge on any atom is 0.419 e. The van der Waals surface area contributed by atoms with Gasteiger partial charge in [-0.3, -0.25) is 0 Å². The largest absolute Gasteiger partial charge is 0.419 e. The molecule has 108 valence electrons. The highest BCUT2D eigenvalue weighted by atomic mass is 19.4. The van der Waals surface area contributed by atoms with Gasteiger partial charge in [-0.2, -0.15) is 13.2 Å². The summed E-state index contributed by atoms with van der Waals surface area (Å²) in [5.74, 6) is -0.965. The van der Waals surface area contributed by atoms with Gasteiger partial charge in [-0.1, -0.05) is 26.8 Å². The SMILES string of the molecule is CC(CNC(C)C)Cc1ccc(C(F)(F)F)c(F)c1. The highest BCUT2D eigenvalue weighted by molar-refractivity contribution is 5.26. The molecule has 0 aromatic heterocycles. The van der Waals surface area contributed by atoms with Gasteiger partial charge in [0.1, 0.15) is 5.82 Å². The molecule has 0 saturated carbocycles. The minimum atomic E-state index is -4.63. The number of hydrogen-bond donors (Lipinski definition) is 1. The molecule has 0 aliphatic rings. The van der Waals surface area contributed by atoms with Crippen molar-refractivity contribution in [1.82, 2.24) is 5.32 Å². The van der Waals surface area contributed by atoms with Gasteiger partial charge in [0.25, 0.3) is 0 Å². The topological polar surface area (TPSA) is 12.0 Å². The van der Waals surface area contributed by atoms with E-state index >= 15 is 0 Å². The fourth-order valence-electron chi connectivity index (χ4n) is 1.83. The number of nitrogens with one attached hydrogen (secondary N) is 1. The normalized spacial score (nSPS) is 13.9. The van der Waals surface area contributed by atoms with Crippen LogP contribution < -0.4 is 5.32 Å². The van der Waals surface area contributed by atoms with Crippen LogP contribution in [0.4, 0.5) is 17.6 Å². The van der Waals surface area contributed by atoms with Crippen molar-refractivity contribution in [3.63, 3.8) is 0 Å². The van der Waals surface area contributed by atoms with Gasteiger partial charge in [0.05, 0.1) is 5.56 Å². The Bertz CT molecular complexity index is 412. The molecule has 1 aromatic rings. The maximum absolute atomic E-state index is 13.4. The summed E-state index contributed by atoms with van der Waals surface area (Å²) in [5, 5.41) is 3.24. The van der Waals surface area contributed by atoms with Crippen LogP contribution in [0, 0.1) is 11.7 Å². The monoisotopic (exact) mass is 277 g/mol. The number of rotatable bonds is 5. The first kappa shape index (κ1) is 16.0. The predicted octanol–water partition coefficient (Wildman–Crippen LogP) is 4.02. The average Bonchev–Trinajstić information content (AvgIpc) is 2.24. The highest BCUT2D eigenvalue weighted by Gasteiger charge is 2.33. The Morgan fingerprint density at radius 3 is 2.26 bits per heavy atom. The molecule has 1 aromatic carbocycles. The van der Waals surface area contributed by atoms with E-state index in [0.29, 0.717) is 18.0 Å². The van der Waals surface area contributed by atoms with Crippen LogP contribution >= 0.6 is 0 Å². The quantitative estimate of drug-likeness (QED) is 0.801. The van der Waals surface area contributed by atoms with E-state index < -0.39 is 17.6 Å². The Kier molecular flexibility index (Phi) is 5.35. The second-order valence-corrected chi connectivity index (χ2v) is 5.18. The lowest BCUT2D eigenvalue weighted by atomic mass is 9.99. The molecule has 0 spiro atoms. The van der Waals surface area contributed by atoms with Crippen molar-refractivity contribution >= 4 is 0 Å². The van der Waals surface area contributed by atoms with Crippen molar-refractivity contribution in [3.8, 4) is 0 Å². The molecular formula is C14H19F4N. The van der Waals surface area contributed by atoms with E-state index in [-0.39, 0.29) is 5.92 Å². The second-order valence-electron chi connectivity index (χ2n) is 5.18. The first-order valence-corrected chi connectivity index (χ1v) is 6.29. The third-order valence-corrected chi connectivity index (χ3v) is 2.80. The summed E-state index contributed by atoms with van der Waals surface area (Å²) in [6, 6.07) is 3.49. The van der Waals surface area contributed by atoms with Gasteiger partial charge in [0.2, 0.25) is 0 Å². The molecule has 0 bridgehead atoms. The second kappa shape index (κ2) is 6.37. The van der Waals surface area contributed by atoms with Crippen LogP contribution in [0.3, 0.4) is 0 Å². The molecule has 0 aliphatic carbocycles. The summed E-state index contributed by atoms with van der Waals surface area (Å²) in [7, 11) is 0. The lowest BCUT2D eigenvalue weighted by Crippen LogP contribution is -2.28. The smallest absolute Gasteiger partial charge is 0.314 e. The zero-order valence-corrected chi connectivity index (χ0v) is 11.3. The molecule has 1 nitrogen and oxygen atoms in total. The molecule has 0 saturated heterocycles. The number of halogens is 4. The lowest BCUT2D eigenvalue weighted by Gasteiger charge is -2.15. The molecule has 0 fully saturated rings. The van der Waals surface area contributed by atoms with Crippen LogP contribution in [0.1, 0.15) is 31.9 Å². The Morgan fingerprint density at radius 1 is 1.16 bits per heavy atom. The minimum Gasteiger partial charge on any atom is -0.314 e. The molecule has 1 rings (SSSR count).